The van der Waals surface area contributed by atoms with Gasteiger partial charge >= 0.3 is 0 Å². The van der Waals surface area contributed by atoms with E-state index in [0.29, 0.717) is 18.8 Å². The third-order valence-electron chi connectivity index (χ3n) is 4.42. The summed E-state index contributed by atoms with van der Waals surface area (Å²) >= 11 is 0. The van der Waals surface area contributed by atoms with Crippen molar-refractivity contribution >= 4 is 0 Å². The van der Waals surface area contributed by atoms with Gasteiger partial charge in [-0.05, 0) is 31.9 Å². The topological polar surface area (TPSA) is 41.5 Å². The van der Waals surface area contributed by atoms with Crippen molar-refractivity contribution < 1.29 is 9.84 Å². The summed E-state index contributed by atoms with van der Waals surface area (Å²) < 4.78 is 6.05. The molecule has 0 amide bonds. The van der Waals surface area contributed by atoms with Crippen LogP contribution >= 0.6 is 0 Å². The van der Waals surface area contributed by atoms with Gasteiger partial charge in [-0.2, -0.15) is 0 Å². The van der Waals surface area contributed by atoms with Crippen LogP contribution in [0.5, 0.6) is 0 Å². The van der Waals surface area contributed by atoms with Crippen LogP contribution in [0.4, 0.5) is 0 Å². The van der Waals surface area contributed by atoms with Crippen molar-refractivity contribution in [1.29, 1.82) is 0 Å². The van der Waals surface area contributed by atoms with Crippen molar-refractivity contribution in [2.45, 2.75) is 58.5 Å². The normalized spacial score (nSPS) is 26.0. The highest BCUT2D eigenvalue weighted by molar-refractivity contribution is 5.14. The lowest BCUT2D eigenvalue weighted by atomic mass is 9.64. The van der Waals surface area contributed by atoms with E-state index in [4.69, 9.17) is 4.74 Å². The monoisotopic (exact) mass is 277 g/mol. The number of aliphatic hydroxyl groups is 1. The zero-order chi connectivity index (χ0) is 14.6. The van der Waals surface area contributed by atoms with Gasteiger partial charge in [0.05, 0.1) is 18.8 Å². The second kappa shape index (κ2) is 6.70. The number of benzene rings is 1. The molecule has 1 aliphatic rings. The predicted molar refractivity (Wildman–Crippen MR) is 81.5 cm³/mol. The van der Waals surface area contributed by atoms with Gasteiger partial charge < -0.3 is 15.2 Å². The number of hydrogen-bond donors (Lipinski definition) is 2. The molecule has 112 valence electrons. The standard InChI is InChI=1S/C17H27NO2/c1-13(19)9-10-18-15-11-16(17(15,2)3)20-12-14-7-5-4-6-8-14/h4-8,13,15-16,18-19H,9-12H2,1-3H3. The zero-order valence-corrected chi connectivity index (χ0v) is 12.8. The van der Waals surface area contributed by atoms with Crippen LogP contribution in [0.1, 0.15) is 39.2 Å². The lowest BCUT2D eigenvalue weighted by molar-refractivity contribution is -0.124. The van der Waals surface area contributed by atoms with Gasteiger partial charge in [0.25, 0.3) is 0 Å². The second-order valence-corrected chi connectivity index (χ2v) is 6.49. The van der Waals surface area contributed by atoms with Gasteiger partial charge in [0.1, 0.15) is 0 Å². The Morgan fingerprint density at radius 2 is 2.05 bits per heavy atom. The SMILES string of the molecule is CC(O)CCNC1CC(OCc2ccccc2)C1(C)C. The highest BCUT2D eigenvalue weighted by atomic mass is 16.5. The van der Waals surface area contributed by atoms with Gasteiger partial charge in [-0.3, -0.25) is 0 Å². The summed E-state index contributed by atoms with van der Waals surface area (Å²) in [7, 11) is 0. The number of hydrogen-bond acceptors (Lipinski definition) is 3. The smallest absolute Gasteiger partial charge is 0.0720 e. The van der Waals surface area contributed by atoms with Crippen molar-refractivity contribution in [2.24, 2.45) is 5.41 Å². The van der Waals surface area contributed by atoms with Gasteiger partial charge in [-0.25, -0.2) is 0 Å². The van der Waals surface area contributed by atoms with Crippen LogP contribution in [-0.4, -0.2) is 29.9 Å². The Morgan fingerprint density at radius 1 is 1.35 bits per heavy atom. The fourth-order valence-electron chi connectivity index (χ4n) is 2.75. The predicted octanol–water partition coefficient (Wildman–Crippen LogP) is 2.73. The van der Waals surface area contributed by atoms with E-state index < -0.39 is 0 Å². The van der Waals surface area contributed by atoms with Crippen LogP contribution < -0.4 is 5.32 Å². The van der Waals surface area contributed by atoms with Crippen LogP contribution in [0.15, 0.2) is 30.3 Å². The van der Waals surface area contributed by atoms with Gasteiger partial charge in [-0.15, -0.1) is 0 Å². The van der Waals surface area contributed by atoms with E-state index in [1.165, 1.54) is 5.56 Å². The molecule has 1 aliphatic carbocycles. The molecule has 1 aromatic rings. The van der Waals surface area contributed by atoms with E-state index in [-0.39, 0.29) is 11.5 Å². The first-order valence-electron chi connectivity index (χ1n) is 7.57. The molecule has 3 unspecified atom stereocenters. The minimum Gasteiger partial charge on any atom is -0.393 e. The summed E-state index contributed by atoms with van der Waals surface area (Å²) in [5.74, 6) is 0. The molecule has 0 bridgehead atoms. The molecule has 1 saturated carbocycles. The molecule has 1 fully saturated rings. The molecule has 20 heavy (non-hydrogen) atoms. The third-order valence-corrected chi connectivity index (χ3v) is 4.42. The molecule has 3 heteroatoms. The first kappa shape index (κ1) is 15.5. The molecule has 0 spiro atoms. The Labute approximate surface area is 122 Å². The molecule has 3 atom stereocenters. The van der Waals surface area contributed by atoms with Crippen LogP contribution in [0.25, 0.3) is 0 Å². The summed E-state index contributed by atoms with van der Waals surface area (Å²) in [6.45, 7) is 7.91. The van der Waals surface area contributed by atoms with Gasteiger partial charge in [0.15, 0.2) is 0 Å². The van der Waals surface area contributed by atoms with Crippen LogP contribution in [0, 0.1) is 5.41 Å². The molecule has 1 aromatic carbocycles. The van der Waals surface area contributed by atoms with Gasteiger partial charge in [-0.1, -0.05) is 44.2 Å². The highest BCUT2D eigenvalue weighted by Crippen LogP contribution is 2.43. The lowest BCUT2D eigenvalue weighted by Gasteiger charge is -2.52. The van der Waals surface area contributed by atoms with E-state index in [9.17, 15) is 5.11 Å². The minimum atomic E-state index is -0.226. The second-order valence-electron chi connectivity index (χ2n) is 6.49. The van der Waals surface area contributed by atoms with Crippen molar-refractivity contribution in [2.75, 3.05) is 6.54 Å². The summed E-state index contributed by atoms with van der Waals surface area (Å²) in [6.07, 6.45) is 1.95. The van der Waals surface area contributed by atoms with E-state index >= 15 is 0 Å². The van der Waals surface area contributed by atoms with Crippen LogP contribution in [-0.2, 0) is 11.3 Å². The third kappa shape index (κ3) is 3.81. The molecule has 0 heterocycles. The Balaban J connectivity index is 1.73. The van der Waals surface area contributed by atoms with Crippen molar-refractivity contribution in [1.82, 2.24) is 5.32 Å². The highest BCUT2D eigenvalue weighted by Gasteiger charge is 2.48. The Hall–Kier alpha value is -0.900. The summed E-state index contributed by atoms with van der Waals surface area (Å²) in [4.78, 5) is 0. The fraction of sp³-hybridized carbons (Fsp3) is 0.647. The molecule has 0 radical (unpaired) electrons. The minimum absolute atomic E-state index is 0.160. The first-order chi connectivity index (χ1) is 9.50. The molecular weight excluding hydrogens is 250 g/mol. The lowest BCUT2D eigenvalue weighted by Crippen LogP contribution is -2.61. The summed E-state index contributed by atoms with van der Waals surface area (Å²) in [5.41, 5.74) is 1.39. The van der Waals surface area contributed by atoms with Gasteiger partial charge in [0, 0.05) is 11.5 Å². The molecule has 0 aliphatic heterocycles. The first-order valence-corrected chi connectivity index (χ1v) is 7.57. The Morgan fingerprint density at radius 3 is 2.65 bits per heavy atom. The Bertz CT molecular complexity index is 403. The van der Waals surface area contributed by atoms with Crippen molar-refractivity contribution in [3.05, 3.63) is 35.9 Å². The summed E-state index contributed by atoms with van der Waals surface area (Å²) in [5, 5.41) is 12.8. The number of rotatable bonds is 7. The van der Waals surface area contributed by atoms with E-state index in [2.05, 4.69) is 31.3 Å². The zero-order valence-electron chi connectivity index (χ0n) is 12.8. The van der Waals surface area contributed by atoms with E-state index in [0.717, 1.165) is 19.4 Å². The molecule has 2 N–H and O–H groups in total. The molecule has 3 nitrogen and oxygen atoms in total. The Kier molecular flexibility index (Phi) is 5.19. The molecular formula is C17H27NO2. The number of nitrogens with one attached hydrogen (secondary N) is 1. The maximum atomic E-state index is 9.28. The van der Waals surface area contributed by atoms with Crippen LogP contribution in [0.2, 0.25) is 0 Å². The number of aliphatic hydroxyl groups excluding tert-OH is 1. The summed E-state index contributed by atoms with van der Waals surface area (Å²) in [6, 6.07) is 10.8. The molecule has 2 rings (SSSR count). The van der Waals surface area contributed by atoms with Crippen molar-refractivity contribution in [3.63, 3.8) is 0 Å². The van der Waals surface area contributed by atoms with Crippen LogP contribution in [0.3, 0.4) is 0 Å². The maximum Gasteiger partial charge on any atom is 0.0720 e. The fourth-order valence-corrected chi connectivity index (χ4v) is 2.75. The molecule has 0 aromatic heterocycles. The van der Waals surface area contributed by atoms with Crippen molar-refractivity contribution in [3.8, 4) is 0 Å². The van der Waals surface area contributed by atoms with Gasteiger partial charge in [0.2, 0.25) is 0 Å². The maximum absolute atomic E-state index is 9.28. The quantitative estimate of drug-likeness (QED) is 0.805. The van der Waals surface area contributed by atoms with E-state index in [1.54, 1.807) is 0 Å². The average molecular weight is 277 g/mol. The average Bonchev–Trinajstić information content (AvgIpc) is 2.42. The largest absolute Gasteiger partial charge is 0.393 e. The molecule has 0 saturated heterocycles. The van der Waals surface area contributed by atoms with E-state index in [1.807, 2.05) is 25.1 Å². The number of ether oxygens (including phenoxy) is 1.